The number of nitrogens with one attached hydrogen (secondary N) is 1. The lowest BCUT2D eigenvalue weighted by molar-refractivity contribution is 0.0935. The van der Waals surface area contributed by atoms with Crippen LogP contribution < -0.4 is 5.32 Å². The summed E-state index contributed by atoms with van der Waals surface area (Å²) in [6.07, 6.45) is 0. The van der Waals surface area contributed by atoms with Crippen molar-refractivity contribution in [2.75, 3.05) is 27.7 Å². The maximum Gasteiger partial charge on any atom is 0.270 e. The first-order valence-corrected chi connectivity index (χ1v) is 8.14. The molecule has 1 aromatic heterocycles. The van der Waals surface area contributed by atoms with Crippen molar-refractivity contribution in [1.82, 2.24) is 15.2 Å². The van der Waals surface area contributed by atoms with Gasteiger partial charge in [-0.1, -0.05) is 6.07 Å². The van der Waals surface area contributed by atoms with Gasteiger partial charge in [-0.05, 0) is 26.2 Å². The topological polar surface area (TPSA) is 54.5 Å². The zero-order valence-corrected chi connectivity index (χ0v) is 14.5. The monoisotopic (exact) mass is 355 g/mol. The third-order valence-electron chi connectivity index (χ3n) is 3.46. The highest BCUT2D eigenvalue weighted by Crippen LogP contribution is 2.24. The summed E-state index contributed by atoms with van der Waals surface area (Å²) >= 11 is 1.32. The van der Waals surface area contributed by atoms with Gasteiger partial charge in [-0.25, -0.2) is 13.8 Å². The number of amides is 1. The van der Waals surface area contributed by atoms with E-state index in [-0.39, 0.29) is 17.8 Å². The van der Waals surface area contributed by atoms with E-state index in [4.69, 9.17) is 4.74 Å². The van der Waals surface area contributed by atoms with Crippen molar-refractivity contribution in [1.29, 1.82) is 0 Å². The van der Waals surface area contributed by atoms with Crippen LogP contribution in [-0.2, 0) is 11.3 Å². The minimum absolute atomic E-state index is 0.0564. The number of carbonyl (C=O) groups is 1. The number of benzene rings is 1. The third kappa shape index (κ3) is 4.34. The van der Waals surface area contributed by atoms with Crippen molar-refractivity contribution in [2.24, 2.45) is 0 Å². The van der Waals surface area contributed by atoms with Gasteiger partial charge in [0.25, 0.3) is 5.91 Å². The molecule has 2 rings (SSSR count). The average Bonchev–Trinajstić information content (AvgIpc) is 2.98. The Morgan fingerprint density at radius 3 is 2.62 bits per heavy atom. The van der Waals surface area contributed by atoms with Gasteiger partial charge < -0.3 is 15.0 Å². The van der Waals surface area contributed by atoms with Crippen LogP contribution in [0.3, 0.4) is 0 Å². The molecule has 0 aliphatic heterocycles. The standard InChI is InChI=1S/C16H19F2N3O2S/c1-21(2)13(15-10(17)5-4-6-11(15)18)7-19-16(22)12-9-24-14(20-12)8-23-3/h4-6,9,13H,7-8H2,1-3H3,(H,19,22). The summed E-state index contributed by atoms with van der Waals surface area (Å²) in [4.78, 5) is 18.0. The number of halogens is 2. The Kier molecular flexibility index (Phi) is 6.36. The SMILES string of the molecule is COCc1nc(C(=O)NCC(c2c(F)cccc2F)N(C)C)cs1. The van der Waals surface area contributed by atoms with Gasteiger partial charge in [0.2, 0.25) is 0 Å². The molecule has 1 heterocycles. The molecule has 0 aliphatic rings. The molecular weight excluding hydrogens is 336 g/mol. The molecule has 0 aliphatic carbocycles. The van der Waals surface area contributed by atoms with Crippen LogP contribution in [0.15, 0.2) is 23.6 Å². The van der Waals surface area contributed by atoms with Gasteiger partial charge in [0.05, 0.1) is 12.6 Å². The second-order valence-electron chi connectivity index (χ2n) is 5.38. The summed E-state index contributed by atoms with van der Waals surface area (Å²) in [6, 6.07) is 3.08. The van der Waals surface area contributed by atoms with Crippen molar-refractivity contribution in [3.8, 4) is 0 Å². The molecule has 1 atom stereocenters. The Morgan fingerprint density at radius 2 is 2.04 bits per heavy atom. The Hall–Kier alpha value is -1.90. The highest BCUT2D eigenvalue weighted by Gasteiger charge is 2.23. The minimum atomic E-state index is -0.640. The lowest BCUT2D eigenvalue weighted by Gasteiger charge is -2.25. The molecule has 0 saturated carbocycles. The van der Waals surface area contributed by atoms with Gasteiger partial charge in [0.1, 0.15) is 22.3 Å². The van der Waals surface area contributed by atoms with Gasteiger partial charge in [-0.15, -0.1) is 11.3 Å². The number of methoxy groups -OCH3 is 1. The number of rotatable bonds is 7. The summed E-state index contributed by atoms with van der Waals surface area (Å²) in [5.41, 5.74) is 0.194. The van der Waals surface area contributed by atoms with Gasteiger partial charge in [-0.3, -0.25) is 4.79 Å². The smallest absolute Gasteiger partial charge is 0.270 e. The van der Waals surface area contributed by atoms with E-state index in [0.717, 1.165) is 0 Å². The first-order valence-electron chi connectivity index (χ1n) is 7.26. The summed E-state index contributed by atoms with van der Waals surface area (Å²) in [6.45, 7) is 0.388. The number of ether oxygens (including phenoxy) is 1. The fourth-order valence-electron chi connectivity index (χ4n) is 2.26. The van der Waals surface area contributed by atoms with Gasteiger partial charge in [0, 0.05) is 24.6 Å². The molecule has 1 aromatic carbocycles. The molecule has 0 bridgehead atoms. The Bertz CT molecular complexity index is 686. The molecule has 130 valence electrons. The van der Waals surface area contributed by atoms with Crippen LogP contribution in [0.2, 0.25) is 0 Å². The quantitative estimate of drug-likeness (QED) is 0.830. The van der Waals surface area contributed by atoms with Crippen LogP contribution in [-0.4, -0.2) is 43.5 Å². The van der Waals surface area contributed by atoms with E-state index in [9.17, 15) is 13.6 Å². The normalized spacial score (nSPS) is 12.4. The molecule has 1 N–H and O–H groups in total. The first kappa shape index (κ1) is 18.4. The first-order chi connectivity index (χ1) is 11.4. The van der Waals surface area contributed by atoms with Crippen molar-refractivity contribution in [2.45, 2.75) is 12.6 Å². The van der Waals surface area contributed by atoms with Crippen LogP contribution in [0.1, 0.15) is 27.1 Å². The van der Waals surface area contributed by atoms with Gasteiger partial charge >= 0.3 is 0 Å². The largest absolute Gasteiger partial charge is 0.378 e. The number of hydrogen-bond acceptors (Lipinski definition) is 5. The van der Waals surface area contributed by atoms with E-state index < -0.39 is 23.6 Å². The second-order valence-corrected chi connectivity index (χ2v) is 6.33. The number of thiazole rings is 1. The highest BCUT2D eigenvalue weighted by molar-refractivity contribution is 7.09. The van der Waals surface area contributed by atoms with Crippen molar-refractivity contribution in [3.05, 3.63) is 51.5 Å². The fourth-order valence-corrected chi connectivity index (χ4v) is 3.00. The predicted molar refractivity (Wildman–Crippen MR) is 87.9 cm³/mol. The predicted octanol–water partition coefficient (Wildman–Crippen LogP) is 2.60. The number of nitrogens with zero attached hydrogens (tertiary/aromatic N) is 2. The van der Waals surface area contributed by atoms with E-state index in [1.54, 1.807) is 31.5 Å². The maximum absolute atomic E-state index is 14.0. The summed E-state index contributed by atoms with van der Waals surface area (Å²) in [5.74, 6) is -1.67. The van der Waals surface area contributed by atoms with E-state index in [1.807, 2.05) is 0 Å². The van der Waals surface area contributed by atoms with Crippen molar-refractivity contribution >= 4 is 17.2 Å². The van der Waals surface area contributed by atoms with Crippen LogP contribution >= 0.6 is 11.3 Å². The molecular formula is C16H19F2N3O2S. The van der Waals surface area contributed by atoms with Crippen molar-refractivity contribution in [3.63, 3.8) is 0 Å². The minimum Gasteiger partial charge on any atom is -0.378 e. The number of aromatic nitrogens is 1. The Labute approximate surface area is 143 Å². The van der Waals surface area contributed by atoms with Crippen LogP contribution in [0, 0.1) is 11.6 Å². The van der Waals surface area contributed by atoms with E-state index >= 15 is 0 Å². The van der Waals surface area contributed by atoms with Crippen LogP contribution in [0.5, 0.6) is 0 Å². The molecule has 0 spiro atoms. The average molecular weight is 355 g/mol. The molecule has 2 aromatic rings. The molecule has 0 radical (unpaired) electrons. The van der Waals surface area contributed by atoms with E-state index in [1.165, 1.54) is 29.5 Å². The lowest BCUT2D eigenvalue weighted by atomic mass is 10.0. The van der Waals surface area contributed by atoms with E-state index in [2.05, 4.69) is 10.3 Å². The van der Waals surface area contributed by atoms with Crippen molar-refractivity contribution < 1.29 is 18.3 Å². The Balaban J connectivity index is 2.10. The maximum atomic E-state index is 14.0. The number of carbonyl (C=O) groups excluding carboxylic acids is 1. The molecule has 8 heteroatoms. The second kappa shape index (κ2) is 8.27. The highest BCUT2D eigenvalue weighted by atomic mass is 32.1. The molecule has 24 heavy (non-hydrogen) atoms. The molecule has 1 unspecified atom stereocenters. The molecule has 5 nitrogen and oxygen atoms in total. The van der Waals surface area contributed by atoms with Crippen LogP contribution in [0.4, 0.5) is 8.78 Å². The number of likely N-dealkylation sites (N-methyl/N-ethyl adjacent to an activating group) is 1. The number of hydrogen-bond donors (Lipinski definition) is 1. The zero-order valence-electron chi connectivity index (χ0n) is 13.7. The zero-order chi connectivity index (χ0) is 17.7. The fraction of sp³-hybridized carbons (Fsp3) is 0.375. The van der Waals surface area contributed by atoms with Gasteiger partial charge in [0.15, 0.2) is 0 Å². The Morgan fingerprint density at radius 1 is 1.38 bits per heavy atom. The van der Waals surface area contributed by atoms with E-state index in [0.29, 0.717) is 11.6 Å². The summed E-state index contributed by atoms with van der Waals surface area (Å²) in [7, 11) is 4.94. The molecule has 1 amide bonds. The summed E-state index contributed by atoms with van der Waals surface area (Å²) < 4.78 is 32.9. The lowest BCUT2D eigenvalue weighted by Crippen LogP contribution is -2.35. The van der Waals surface area contributed by atoms with Crippen LogP contribution in [0.25, 0.3) is 0 Å². The third-order valence-corrected chi connectivity index (χ3v) is 4.29. The molecule has 0 saturated heterocycles. The summed E-state index contributed by atoms with van der Waals surface area (Å²) in [5, 5.41) is 4.99. The van der Waals surface area contributed by atoms with Gasteiger partial charge in [-0.2, -0.15) is 0 Å². The molecule has 0 fully saturated rings.